The van der Waals surface area contributed by atoms with Crippen molar-refractivity contribution >= 4 is 0 Å². The monoisotopic (exact) mass is 262 g/mol. The molecule has 1 aromatic rings. The lowest BCUT2D eigenvalue weighted by Gasteiger charge is -2.16. The molecule has 0 saturated heterocycles. The average molecular weight is 262 g/mol. The van der Waals surface area contributed by atoms with Gasteiger partial charge in [0.05, 0.1) is 0 Å². The molecule has 0 heterocycles. The quantitative estimate of drug-likeness (QED) is 0.429. The number of rotatable bonds is 8. The van der Waals surface area contributed by atoms with Crippen LogP contribution in [0, 0.1) is 0 Å². The largest absolute Gasteiger partial charge is 0.382 e. The van der Waals surface area contributed by atoms with E-state index in [0.29, 0.717) is 6.04 Å². The molecule has 0 fully saturated rings. The molecule has 1 aromatic carbocycles. The molecule has 1 atom stereocenters. The van der Waals surface area contributed by atoms with Crippen LogP contribution in [0.15, 0.2) is 18.2 Å². The van der Waals surface area contributed by atoms with Crippen molar-refractivity contribution < 1.29 is 4.74 Å². The van der Waals surface area contributed by atoms with Crippen molar-refractivity contribution in [2.75, 3.05) is 13.2 Å². The first-order valence-electron chi connectivity index (χ1n) is 7.48. The first-order chi connectivity index (χ1) is 9.33. The van der Waals surface area contributed by atoms with Crippen molar-refractivity contribution in [2.24, 2.45) is 5.84 Å². The summed E-state index contributed by atoms with van der Waals surface area (Å²) in [4.78, 5) is 0. The summed E-state index contributed by atoms with van der Waals surface area (Å²) in [6, 6.07) is 7.28. The average Bonchev–Trinajstić information content (AvgIpc) is 2.89. The van der Waals surface area contributed by atoms with Gasteiger partial charge in [0.15, 0.2) is 0 Å². The Morgan fingerprint density at radius 3 is 2.95 bits per heavy atom. The summed E-state index contributed by atoms with van der Waals surface area (Å²) in [5.41, 5.74) is 7.43. The summed E-state index contributed by atoms with van der Waals surface area (Å²) >= 11 is 0. The standard InChI is InChI=1S/C16H26N2O/c1-2-19-10-4-7-16(18-17)12-13-8-9-14-5-3-6-15(14)11-13/h8-9,11,16,18H,2-7,10,12,17H2,1H3. The number of hydrogen-bond donors (Lipinski definition) is 2. The van der Waals surface area contributed by atoms with Crippen LogP contribution in [0.1, 0.15) is 42.9 Å². The predicted octanol–water partition coefficient (Wildman–Crippen LogP) is 2.37. The van der Waals surface area contributed by atoms with E-state index in [0.717, 1.165) is 32.5 Å². The lowest BCUT2D eigenvalue weighted by Crippen LogP contribution is -2.37. The highest BCUT2D eigenvalue weighted by Crippen LogP contribution is 2.23. The van der Waals surface area contributed by atoms with E-state index in [1.165, 1.54) is 30.4 Å². The van der Waals surface area contributed by atoms with Gasteiger partial charge in [-0.25, -0.2) is 0 Å². The SMILES string of the molecule is CCOCCCC(Cc1ccc2c(c1)CCC2)NN. The van der Waals surface area contributed by atoms with Crippen molar-refractivity contribution in [1.82, 2.24) is 5.43 Å². The second-order valence-corrected chi connectivity index (χ2v) is 5.36. The van der Waals surface area contributed by atoms with Crippen LogP contribution in [0.3, 0.4) is 0 Å². The second kappa shape index (κ2) is 7.63. The van der Waals surface area contributed by atoms with Gasteiger partial charge in [0.2, 0.25) is 0 Å². The number of aryl methyl sites for hydroxylation is 2. The molecule has 3 nitrogen and oxygen atoms in total. The van der Waals surface area contributed by atoms with Crippen molar-refractivity contribution in [1.29, 1.82) is 0 Å². The van der Waals surface area contributed by atoms with Crippen molar-refractivity contribution in [3.63, 3.8) is 0 Å². The fraction of sp³-hybridized carbons (Fsp3) is 0.625. The number of nitrogens with one attached hydrogen (secondary N) is 1. The van der Waals surface area contributed by atoms with Crippen LogP contribution in [-0.4, -0.2) is 19.3 Å². The Bertz CT molecular complexity index is 392. The lowest BCUT2D eigenvalue weighted by atomic mass is 9.99. The second-order valence-electron chi connectivity index (χ2n) is 5.36. The van der Waals surface area contributed by atoms with Crippen molar-refractivity contribution in [3.8, 4) is 0 Å². The minimum absolute atomic E-state index is 0.347. The molecule has 0 spiro atoms. The molecule has 0 aliphatic heterocycles. The van der Waals surface area contributed by atoms with Gasteiger partial charge in [-0.2, -0.15) is 0 Å². The molecule has 1 unspecified atom stereocenters. The van der Waals surface area contributed by atoms with E-state index < -0.39 is 0 Å². The normalized spacial score (nSPS) is 15.5. The molecule has 0 bridgehead atoms. The maximum atomic E-state index is 5.66. The summed E-state index contributed by atoms with van der Waals surface area (Å²) < 4.78 is 5.37. The van der Waals surface area contributed by atoms with E-state index in [1.54, 1.807) is 5.56 Å². The molecule has 0 amide bonds. The van der Waals surface area contributed by atoms with Gasteiger partial charge in [-0.1, -0.05) is 18.2 Å². The summed E-state index contributed by atoms with van der Waals surface area (Å²) in [6.45, 7) is 3.66. The molecule has 3 heteroatoms. The molecule has 19 heavy (non-hydrogen) atoms. The van der Waals surface area contributed by atoms with Crippen LogP contribution >= 0.6 is 0 Å². The lowest BCUT2D eigenvalue weighted by molar-refractivity contribution is 0.140. The van der Waals surface area contributed by atoms with Crippen LogP contribution in [0.5, 0.6) is 0 Å². The van der Waals surface area contributed by atoms with Gasteiger partial charge >= 0.3 is 0 Å². The highest BCUT2D eigenvalue weighted by Gasteiger charge is 2.13. The molecule has 0 aromatic heterocycles. The van der Waals surface area contributed by atoms with Crippen LogP contribution in [-0.2, 0) is 24.0 Å². The topological polar surface area (TPSA) is 47.3 Å². The number of benzene rings is 1. The summed E-state index contributed by atoms with van der Waals surface area (Å²) in [6.07, 6.45) is 6.94. The Hall–Kier alpha value is -0.900. The highest BCUT2D eigenvalue weighted by atomic mass is 16.5. The number of nitrogens with two attached hydrogens (primary N) is 1. The predicted molar refractivity (Wildman–Crippen MR) is 79.0 cm³/mol. The first-order valence-corrected chi connectivity index (χ1v) is 7.48. The van der Waals surface area contributed by atoms with Gasteiger partial charge < -0.3 is 4.74 Å². The fourth-order valence-corrected chi connectivity index (χ4v) is 2.86. The maximum absolute atomic E-state index is 5.66. The Balaban J connectivity index is 1.84. The van der Waals surface area contributed by atoms with E-state index in [9.17, 15) is 0 Å². The van der Waals surface area contributed by atoms with Crippen molar-refractivity contribution in [2.45, 2.75) is 51.5 Å². The van der Waals surface area contributed by atoms with Crippen LogP contribution in [0.2, 0.25) is 0 Å². The number of hydrogen-bond acceptors (Lipinski definition) is 3. The minimum Gasteiger partial charge on any atom is -0.382 e. The van der Waals surface area contributed by atoms with E-state index in [1.807, 2.05) is 6.92 Å². The molecule has 0 radical (unpaired) electrons. The Morgan fingerprint density at radius 1 is 1.32 bits per heavy atom. The smallest absolute Gasteiger partial charge is 0.0466 e. The molecular formula is C16H26N2O. The Labute approximate surface area is 116 Å². The molecule has 3 N–H and O–H groups in total. The van der Waals surface area contributed by atoms with Crippen LogP contribution < -0.4 is 11.3 Å². The number of ether oxygens (including phenoxy) is 1. The molecule has 1 aliphatic rings. The zero-order chi connectivity index (χ0) is 13.5. The zero-order valence-electron chi connectivity index (χ0n) is 12.0. The van der Waals surface area contributed by atoms with Gasteiger partial charge in [0, 0.05) is 19.3 Å². The van der Waals surface area contributed by atoms with Crippen molar-refractivity contribution in [3.05, 3.63) is 34.9 Å². The van der Waals surface area contributed by atoms with Gasteiger partial charge in [0.1, 0.15) is 0 Å². The third-order valence-corrected chi connectivity index (χ3v) is 3.93. The number of hydrazine groups is 1. The highest BCUT2D eigenvalue weighted by molar-refractivity contribution is 5.35. The summed E-state index contributed by atoms with van der Waals surface area (Å²) in [7, 11) is 0. The van der Waals surface area contributed by atoms with E-state index in [2.05, 4.69) is 23.6 Å². The number of fused-ring (bicyclic) bond motifs is 1. The minimum atomic E-state index is 0.347. The fourth-order valence-electron chi connectivity index (χ4n) is 2.86. The zero-order valence-corrected chi connectivity index (χ0v) is 12.0. The maximum Gasteiger partial charge on any atom is 0.0466 e. The van der Waals surface area contributed by atoms with E-state index in [-0.39, 0.29) is 0 Å². The molecule has 106 valence electrons. The summed E-state index contributed by atoms with van der Waals surface area (Å²) in [5, 5.41) is 0. The van der Waals surface area contributed by atoms with Gasteiger partial charge in [-0.3, -0.25) is 11.3 Å². The third-order valence-electron chi connectivity index (χ3n) is 3.93. The molecule has 0 saturated carbocycles. The van der Waals surface area contributed by atoms with Crippen LogP contribution in [0.4, 0.5) is 0 Å². The molecule has 2 rings (SSSR count). The molecular weight excluding hydrogens is 236 g/mol. The van der Waals surface area contributed by atoms with Crippen LogP contribution in [0.25, 0.3) is 0 Å². The van der Waals surface area contributed by atoms with Gasteiger partial charge in [-0.15, -0.1) is 0 Å². The Kier molecular flexibility index (Phi) is 5.83. The Morgan fingerprint density at radius 2 is 2.16 bits per heavy atom. The first kappa shape index (κ1) is 14.5. The molecule has 1 aliphatic carbocycles. The van der Waals surface area contributed by atoms with Gasteiger partial charge in [-0.05, 0) is 62.1 Å². The van der Waals surface area contributed by atoms with E-state index >= 15 is 0 Å². The summed E-state index contributed by atoms with van der Waals surface area (Å²) in [5.74, 6) is 5.66. The van der Waals surface area contributed by atoms with Gasteiger partial charge in [0.25, 0.3) is 0 Å². The third kappa shape index (κ3) is 4.30. The van der Waals surface area contributed by atoms with E-state index in [4.69, 9.17) is 10.6 Å².